The van der Waals surface area contributed by atoms with Gasteiger partial charge in [0.2, 0.25) is 11.8 Å². The van der Waals surface area contributed by atoms with E-state index in [1.807, 2.05) is 42.5 Å². The third-order valence-corrected chi connectivity index (χ3v) is 5.33. The molecule has 3 aromatic carbocycles. The quantitative estimate of drug-likeness (QED) is 0.266. The fourth-order valence-electron chi connectivity index (χ4n) is 3.23. The van der Waals surface area contributed by atoms with E-state index in [-0.39, 0.29) is 16.9 Å². The van der Waals surface area contributed by atoms with Crippen LogP contribution in [0, 0.1) is 5.92 Å². The summed E-state index contributed by atoms with van der Waals surface area (Å²) in [5.41, 5.74) is 6.86. The first kappa shape index (κ1) is 22.2. The zero-order valence-corrected chi connectivity index (χ0v) is 18.4. The van der Waals surface area contributed by atoms with Crippen molar-refractivity contribution in [2.24, 2.45) is 5.92 Å². The lowest BCUT2D eigenvalue weighted by Gasteiger charge is -2.10. The molecular formula is C25H22N4O3S. The SMILES string of the molecule is O=C(/C=C/c1cccc2ccccc12)NC(=S)NNC(=O)c1ccc(NC(=O)C2CC2)cc1. The van der Waals surface area contributed by atoms with Crippen LogP contribution in [0.3, 0.4) is 0 Å². The fourth-order valence-corrected chi connectivity index (χ4v) is 3.38. The second-order valence-electron chi connectivity index (χ2n) is 7.64. The molecule has 33 heavy (non-hydrogen) atoms. The summed E-state index contributed by atoms with van der Waals surface area (Å²) in [6, 6.07) is 20.3. The van der Waals surface area contributed by atoms with Crippen molar-refractivity contribution in [1.82, 2.24) is 16.2 Å². The molecule has 4 rings (SSSR count). The number of thiocarbonyl (C=S) groups is 1. The number of rotatable bonds is 5. The highest BCUT2D eigenvalue weighted by molar-refractivity contribution is 7.80. The van der Waals surface area contributed by atoms with Crippen LogP contribution < -0.4 is 21.5 Å². The summed E-state index contributed by atoms with van der Waals surface area (Å²) in [5.74, 6) is -0.747. The number of carbonyl (C=O) groups is 3. The van der Waals surface area contributed by atoms with Crippen LogP contribution in [0.25, 0.3) is 16.8 Å². The van der Waals surface area contributed by atoms with Crippen molar-refractivity contribution in [1.29, 1.82) is 0 Å². The van der Waals surface area contributed by atoms with Crippen molar-refractivity contribution in [3.8, 4) is 0 Å². The summed E-state index contributed by atoms with van der Waals surface area (Å²) in [5, 5.41) is 7.38. The topological polar surface area (TPSA) is 99.3 Å². The molecule has 0 unspecified atom stereocenters. The van der Waals surface area contributed by atoms with Crippen molar-refractivity contribution in [2.75, 3.05) is 5.32 Å². The highest BCUT2D eigenvalue weighted by Gasteiger charge is 2.29. The van der Waals surface area contributed by atoms with Crippen LogP contribution in [0.2, 0.25) is 0 Å². The van der Waals surface area contributed by atoms with Crippen molar-refractivity contribution in [3.05, 3.63) is 83.9 Å². The van der Waals surface area contributed by atoms with Crippen LogP contribution >= 0.6 is 12.2 Å². The third kappa shape index (κ3) is 6.02. The minimum absolute atomic E-state index is 0.00413. The first-order valence-electron chi connectivity index (χ1n) is 10.5. The average molecular weight is 459 g/mol. The van der Waals surface area contributed by atoms with E-state index >= 15 is 0 Å². The Balaban J connectivity index is 1.25. The zero-order chi connectivity index (χ0) is 23.2. The van der Waals surface area contributed by atoms with Gasteiger partial charge in [-0.1, -0.05) is 42.5 Å². The van der Waals surface area contributed by atoms with Crippen LogP contribution in [0.4, 0.5) is 5.69 Å². The third-order valence-electron chi connectivity index (χ3n) is 5.13. The molecule has 0 aliphatic heterocycles. The van der Waals surface area contributed by atoms with Gasteiger partial charge in [0.1, 0.15) is 0 Å². The number of hydrogen-bond donors (Lipinski definition) is 4. The van der Waals surface area contributed by atoms with Gasteiger partial charge in [0.05, 0.1) is 0 Å². The van der Waals surface area contributed by atoms with Gasteiger partial charge >= 0.3 is 0 Å². The lowest BCUT2D eigenvalue weighted by atomic mass is 10.0. The van der Waals surface area contributed by atoms with Crippen LogP contribution in [-0.2, 0) is 9.59 Å². The minimum atomic E-state index is -0.432. The standard InChI is InChI=1S/C25H22N4O3S/c30-22(15-12-17-6-3-5-16-4-1-2-7-21(16)17)27-25(33)29-28-24(32)19-10-13-20(14-11-19)26-23(31)18-8-9-18/h1-7,10-15,18H,8-9H2,(H,26,31)(H,28,32)(H2,27,29,30,33)/b15-12+. The number of amides is 3. The highest BCUT2D eigenvalue weighted by Crippen LogP contribution is 2.30. The molecule has 166 valence electrons. The van der Waals surface area contributed by atoms with Crippen LogP contribution in [-0.4, -0.2) is 22.8 Å². The summed E-state index contributed by atoms with van der Waals surface area (Å²) in [7, 11) is 0. The Morgan fingerprint density at radius 2 is 1.61 bits per heavy atom. The van der Waals surface area contributed by atoms with Gasteiger partial charge < -0.3 is 5.32 Å². The Labute approximate surface area is 196 Å². The molecule has 4 N–H and O–H groups in total. The summed E-state index contributed by atoms with van der Waals surface area (Å²) in [6.45, 7) is 0. The number of hydrogen-bond acceptors (Lipinski definition) is 4. The normalized spacial score (nSPS) is 12.8. The molecule has 8 heteroatoms. The molecule has 0 aromatic heterocycles. The van der Waals surface area contributed by atoms with E-state index in [9.17, 15) is 14.4 Å². The number of anilines is 1. The fraction of sp³-hybridized carbons (Fsp3) is 0.120. The van der Waals surface area contributed by atoms with E-state index < -0.39 is 11.8 Å². The molecule has 1 saturated carbocycles. The van der Waals surface area contributed by atoms with Gasteiger partial charge in [0.25, 0.3) is 5.91 Å². The maximum atomic E-state index is 12.3. The molecular weight excluding hydrogens is 436 g/mol. The number of fused-ring (bicyclic) bond motifs is 1. The number of hydrazine groups is 1. The van der Waals surface area contributed by atoms with Gasteiger partial charge in [0.15, 0.2) is 5.11 Å². The van der Waals surface area contributed by atoms with E-state index in [0.29, 0.717) is 11.3 Å². The van der Waals surface area contributed by atoms with Crippen molar-refractivity contribution in [3.63, 3.8) is 0 Å². The van der Waals surface area contributed by atoms with Gasteiger partial charge in [-0.2, -0.15) is 0 Å². The van der Waals surface area contributed by atoms with E-state index in [1.54, 1.807) is 30.3 Å². The van der Waals surface area contributed by atoms with Gasteiger partial charge in [-0.05, 0) is 71.7 Å². The summed E-state index contributed by atoms with van der Waals surface area (Å²) >= 11 is 5.07. The Morgan fingerprint density at radius 3 is 2.36 bits per heavy atom. The van der Waals surface area contributed by atoms with Crippen LogP contribution in [0.1, 0.15) is 28.8 Å². The van der Waals surface area contributed by atoms with Crippen LogP contribution in [0.15, 0.2) is 72.8 Å². The van der Waals surface area contributed by atoms with E-state index in [4.69, 9.17) is 12.2 Å². The van der Waals surface area contributed by atoms with E-state index in [2.05, 4.69) is 21.5 Å². The number of nitrogens with one attached hydrogen (secondary N) is 4. The predicted octanol–water partition coefficient (Wildman–Crippen LogP) is 3.54. The maximum absolute atomic E-state index is 12.3. The molecule has 1 aliphatic carbocycles. The zero-order valence-electron chi connectivity index (χ0n) is 17.6. The molecule has 3 amide bonds. The Kier molecular flexibility index (Phi) is 6.75. The second kappa shape index (κ2) is 10.1. The summed E-state index contributed by atoms with van der Waals surface area (Å²) in [4.78, 5) is 36.2. The van der Waals surface area contributed by atoms with Crippen LogP contribution in [0.5, 0.6) is 0 Å². The molecule has 0 heterocycles. The molecule has 3 aromatic rings. The molecule has 1 fully saturated rings. The van der Waals surface area contributed by atoms with Gasteiger partial charge in [-0.3, -0.25) is 30.6 Å². The van der Waals surface area contributed by atoms with Gasteiger partial charge in [0, 0.05) is 23.2 Å². The first-order chi connectivity index (χ1) is 16.0. The van der Waals surface area contributed by atoms with Gasteiger partial charge in [-0.15, -0.1) is 0 Å². The van der Waals surface area contributed by atoms with Crippen molar-refractivity contribution in [2.45, 2.75) is 12.8 Å². The Morgan fingerprint density at radius 1 is 0.879 bits per heavy atom. The molecule has 0 bridgehead atoms. The number of carbonyl (C=O) groups excluding carboxylic acids is 3. The molecule has 0 radical (unpaired) electrons. The monoisotopic (exact) mass is 458 g/mol. The van der Waals surface area contributed by atoms with Crippen molar-refractivity contribution < 1.29 is 14.4 Å². The van der Waals surface area contributed by atoms with Gasteiger partial charge in [-0.25, -0.2) is 0 Å². The molecule has 7 nitrogen and oxygen atoms in total. The van der Waals surface area contributed by atoms with E-state index in [1.165, 1.54) is 6.08 Å². The largest absolute Gasteiger partial charge is 0.326 e. The molecule has 0 saturated heterocycles. The maximum Gasteiger partial charge on any atom is 0.269 e. The lowest BCUT2D eigenvalue weighted by Crippen LogP contribution is -2.48. The molecule has 0 atom stereocenters. The summed E-state index contributed by atoms with van der Waals surface area (Å²) < 4.78 is 0. The second-order valence-corrected chi connectivity index (χ2v) is 8.05. The van der Waals surface area contributed by atoms with Crippen molar-refractivity contribution >= 4 is 57.6 Å². The molecule has 0 spiro atoms. The summed E-state index contributed by atoms with van der Waals surface area (Å²) in [6.07, 6.45) is 4.94. The minimum Gasteiger partial charge on any atom is -0.326 e. The Bertz CT molecular complexity index is 1240. The smallest absolute Gasteiger partial charge is 0.269 e. The molecule has 1 aliphatic rings. The number of benzene rings is 3. The lowest BCUT2D eigenvalue weighted by molar-refractivity contribution is -0.117. The predicted molar refractivity (Wildman–Crippen MR) is 132 cm³/mol. The Hall–Kier alpha value is -4.04. The highest BCUT2D eigenvalue weighted by atomic mass is 32.1. The average Bonchev–Trinajstić information content (AvgIpc) is 3.67. The first-order valence-corrected chi connectivity index (χ1v) is 10.9. The van der Waals surface area contributed by atoms with E-state index in [0.717, 1.165) is 29.2 Å².